The van der Waals surface area contributed by atoms with Crippen LogP contribution in [0.1, 0.15) is 37.7 Å². The van der Waals surface area contributed by atoms with Crippen LogP contribution in [0.4, 0.5) is 5.69 Å². The summed E-state index contributed by atoms with van der Waals surface area (Å²) in [4.78, 5) is 15.2. The molecule has 34 heavy (non-hydrogen) atoms. The van der Waals surface area contributed by atoms with Crippen molar-refractivity contribution in [3.63, 3.8) is 0 Å². The van der Waals surface area contributed by atoms with Gasteiger partial charge in [-0.3, -0.25) is 9.69 Å². The first-order valence-corrected chi connectivity index (χ1v) is 13.6. The number of benzene rings is 2. The molecule has 2 aliphatic rings. The summed E-state index contributed by atoms with van der Waals surface area (Å²) in [5, 5.41) is 2.89. The Morgan fingerprint density at radius 2 is 1.71 bits per heavy atom. The fourth-order valence-corrected chi connectivity index (χ4v) is 6.43. The number of likely N-dealkylation sites (tertiary alicyclic amines) is 1. The molecule has 0 saturated carbocycles. The molecule has 0 aromatic heterocycles. The van der Waals surface area contributed by atoms with Gasteiger partial charge in [0.15, 0.2) is 0 Å². The van der Waals surface area contributed by atoms with Crippen molar-refractivity contribution >= 4 is 21.6 Å². The number of sulfonamides is 1. The lowest BCUT2D eigenvalue weighted by Crippen LogP contribution is -2.39. The average molecular weight is 486 g/mol. The zero-order valence-electron chi connectivity index (χ0n) is 19.9. The minimum atomic E-state index is -3.59. The van der Waals surface area contributed by atoms with Crippen LogP contribution in [0.25, 0.3) is 0 Å². The van der Waals surface area contributed by atoms with Gasteiger partial charge in [-0.05, 0) is 74.9 Å². The van der Waals surface area contributed by atoms with E-state index in [4.69, 9.17) is 4.74 Å². The lowest BCUT2D eigenvalue weighted by atomic mass is 9.90. The van der Waals surface area contributed by atoms with E-state index in [1.165, 1.54) is 23.0 Å². The van der Waals surface area contributed by atoms with E-state index in [9.17, 15) is 13.2 Å². The molecule has 0 spiro atoms. The quantitative estimate of drug-likeness (QED) is 0.616. The minimum absolute atomic E-state index is 0.160. The van der Waals surface area contributed by atoms with Crippen molar-refractivity contribution in [2.75, 3.05) is 45.2 Å². The number of anilines is 1. The third-order valence-corrected chi connectivity index (χ3v) is 8.73. The predicted octanol–water partition coefficient (Wildman–Crippen LogP) is 3.76. The number of piperidine rings is 2. The molecule has 1 N–H and O–H groups in total. The zero-order chi connectivity index (χ0) is 24.0. The maximum Gasteiger partial charge on any atom is 0.243 e. The Morgan fingerprint density at radius 3 is 2.38 bits per heavy atom. The summed E-state index contributed by atoms with van der Waals surface area (Å²) in [5.41, 5.74) is 1.76. The van der Waals surface area contributed by atoms with Crippen LogP contribution >= 0.6 is 0 Å². The zero-order valence-corrected chi connectivity index (χ0v) is 20.7. The number of rotatable bonds is 8. The lowest BCUT2D eigenvalue weighted by molar-refractivity contribution is -0.117. The fraction of sp³-hybridized carbons (Fsp3) is 0.500. The Bertz CT molecular complexity index is 1060. The van der Waals surface area contributed by atoms with Crippen molar-refractivity contribution in [3.05, 3.63) is 54.1 Å². The predicted molar refractivity (Wildman–Crippen MR) is 134 cm³/mol. The molecule has 2 aromatic rings. The van der Waals surface area contributed by atoms with E-state index in [2.05, 4.69) is 34.5 Å². The number of nitrogens with one attached hydrogen (secondary N) is 1. The second-order valence-electron chi connectivity index (χ2n) is 9.28. The molecule has 2 heterocycles. The molecular weight excluding hydrogens is 450 g/mol. The van der Waals surface area contributed by atoms with E-state index < -0.39 is 10.0 Å². The first-order chi connectivity index (χ1) is 16.5. The van der Waals surface area contributed by atoms with Crippen LogP contribution in [0, 0.1) is 5.92 Å². The van der Waals surface area contributed by atoms with E-state index in [0.29, 0.717) is 30.4 Å². The molecule has 0 bridgehead atoms. The summed E-state index contributed by atoms with van der Waals surface area (Å²) in [7, 11) is -2.07. The molecule has 2 aromatic carbocycles. The van der Waals surface area contributed by atoms with Crippen molar-refractivity contribution < 1.29 is 17.9 Å². The van der Waals surface area contributed by atoms with Gasteiger partial charge in [0.05, 0.1) is 24.2 Å². The fourth-order valence-electron chi connectivity index (χ4n) is 4.89. The molecule has 7 nitrogen and oxygen atoms in total. The molecular formula is C26H35N3O4S. The molecule has 8 heteroatoms. The largest absolute Gasteiger partial charge is 0.495 e. The third kappa shape index (κ3) is 6.17. The van der Waals surface area contributed by atoms with Crippen LogP contribution in [-0.4, -0.2) is 63.4 Å². The highest BCUT2D eigenvalue weighted by atomic mass is 32.2. The van der Waals surface area contributed by atoms with Crippen LogP contribution in [0.5, 0.6) is 5.75 Å². The average Bonchev–Trinajstić information content (AvgIpc) is 2.86. The smallest absolute Gasteiger partial charge is 0.243 e. The Balaban J connectivity index is 1.35. The molecule has 2 saturated heterocycles. The van der Waals surface area contributed by atoms with Gasteiger partial charge in [0.25, 0.3) is 0 Å². The van der Waals surface area contributed by atoms with Crippen LogP contribution in [0.3, 0.4) is 0 Å². The number of amides is 1. The van der Waals surface area contributed by atoms with Crippen LogP contribution in [0.15, 0.2) is 53.4 Å². The number of nitrogens with zero attached hydrogens (tertiary/aromatic N) is 2. The summed E-state index contributed by atoms with van der Waals surface area (Å²) in [5.74, 6) is 0.929. The van der Waals surface area contributed by atoms with Gasteiger partial charge in [0, 0.05) is 13.1 Å². The Morgan fingerprint density at radius 1 is 1.00 bits per heavy atom. The Hall–Kier alpha value is -2.42. The Kier molecular flexibility index (Phi) is 8.24. The number of hydrogen-bond donors (Lipinski definition) is 1. The SMILES string of the molecule is COc1ccc(S(=O)(=O)N2CCCCC2)cc1NC(=O)CN1CCC(Cc2ccccc2)CC1. The van der Waals surface area contributed by atoms with E-state index in [1.807, 2.05) is 6.07 Å². The maximum absolute atomic E-state index is 13.1. The highest BCUT2D eigenvalue weighted by molar-refractivity contribution is 7.89. The van der Waals surface area contributed by atoms with Gasteiger partial charge in [-0.1, -0.05) is 36.8 Å². The number of carbonyl (C=O) groups excluding carboxylic acids is 1. The van der Waals surface area contributed by atoms with Gasteiger partial charge in [-0.2, -0.15) is 4.31 Å². The van der Waals surface area contributed by atoms with Gasteiger partial charge in [-0.15, -0.1) is 0 Å². The summed E-state index contributed by atoms with van der Waals surface area (Å²) in [6.07, 6.45) is 6.02. The first kappa shape index (κ1) is 24.7. The summed E-state index contributed by atoms with van der Waals surface area (Å²) < 4.78 is 33.0. The standard InChI is InChI=1S/C26H35N3O4S/c1-33-25-11-10-23(34(31,32)29-14-6-3-7-15-29)19-24(25)27-26(30)20-28-16-12-22(13-17-28)18-21-8-4-2-5-9-21/h2,4-5,8-11,19,22H,3,6-7,12-18,20H2,1H3,(H,27,30). The van der Waals surface area contributed by atoms with E-state index in [0.717, 1.165) is 51.6 Å². The number of hydrogen-bond acceptors (Lipinski definition) is 5. The maximum atomic E-state index is 13.1. The topological polar surface area (TPSA) is 79.0 Å². The van der Waals surface area contributed by atoms with Gasteiger partial charge in [0.1, 0.15) is 5.75 Å². The minimum Gasteiger partial charge on any atom is -0.495 e. The normalized spacial score (nSPS) is 18.5. The van der Waals surface area contributed by atoms with Gasteiger partial charge in [0.2, 0.25) is 15.9 Å². The van der Waals surface area contributed by atoms with Crippen molar-refractivity contribution in [3.8, 4) is 5.75 Å². The third-order valence-electron chi connectivity index (χ3n) is 6.84. The van der Waals surface area contributed by atoms with Crippen LogP contribution in [-0.2, 0) is 21.2 Å². The summed E-state index contributed by atoms with van der Waals surface area (Å²) in [6.45, 7) is 3.12. The van der Waals surface area contributed by atoms with E-state index >= 15 is 0 Å². The first-order valence-electron chi connectivity index (χ1n) is 12.2. The molecule has 0 radical (unpaired) electrons. The van der Waals surface area contributed by atoms with Gasteiger partial charge >= 0.3 is 0 Å². The molecule has 4 rings (SSSR count). The number of methoxy groups -OCH3 is 1. The number of ether oxygens (including phenoxy) is 1. The van der Waals surface area contributed by atoms with Crippen molar-refractivity contribution in [2.24, 2.45) is 5.92 Å². The molecule has 1 amide bonds. The highest BCUT2D eigenvalue weighted by Crippen LogP contribution is 2.30. The van der Waals surface area contributed by atoms with Crippen LogP contribution < -0.4 is 10.1 Å². The molecule has 2 aliphatic heterocycles. The van der Waals surface area contributed by atoms with Crippen molar-refractivity contribution in [1.29, 1.82) is 0 Å². The van der Waals surface area contributed by atoms with E-state index in [-0.39, 0.29) is 17.3 Å². The second kappa shape index (κ2) is 11.3. The summed E-state index contributed by atoms with van der Waals surface area (Å²) in [6, 6.07) is 15.2. The van der Waals surface area contributed by atoms with Gasteiger partial charge in [-0.25, -0.2) is 8.42 Å². The van der Waals surface area contributed by atoms with E-state index in [1.54, 1.807) is 12.1 Å². The lowest BCUT2D eigenvalue weighted by Gasteiger charge is -2.31. The Labute approximate surface area is 203 Å². The van der Waals surface area contributed by atoms with Crippen LogP contribution in [0.2, 0.25) is 0 Å². The van der Waals surface area contributed by atoms with Gasteiger partial charge < -0.3 is 10.1 Å². The molecule has 184 valence electrons. The second-order valence-corrected chi connectivity index (χ2v) is 11.2. The summed E-state index contributed by atoms with van der Waals surface area (Å²) >= 11 is 0. The molecule has 2 fully saturated rings. The molecule has 0 aliphatic carbocycles. The van der Waals surface area contributed by atoms with Crippen molar-refractivity contribution in [1.82, 2.24) is 9.21 Å². The monoisotopic (exact) mass is 485 g/mol. The molecule has 0 unspecified atom stereocenters. The highest BCUT2D eigenvalue weighted by Gasteiger charge is 2.27. The molecule has 0 atom stereocenters. The number of carbonyl (C=O) groups is 1. The van der Waals surface area contributed by atoms with Crippen molar-refractivity contribution in [2.45, 2.75) is 43.4 Å².